The monoisotopic (exact) mass is 282 g/mol. The molecule has 1 amide bonds. The summed E-state index contributed by atoms with van der Waals surface area (Å²) >= 11 is 0. The van der Waals surface area contributed by atoms with Crippen LogP contribution in [0.25, 0.3) is 0 Å². The third-order valence-electron chi connectivity index (χ3n) is 2.58. The maximum atomic E-state index is 13.3. The van der Waals surface area contributed by atoms with Gasteiger partial charge in [0.15, 0.2) is 5.69 Å². The Morgan fingerprint density at radius 2 is 2.05 bits per heavy atom. The van der Waals surface area contributed by atoms with Crippen molar-refractivity contribution in [1.82, 2.24) is 9.55 Å². The molecule has 1 N–H and O–H groups in total. The van der Waals surface area contributed by atoms with Crippen LogP contribution in [0, 0.1) is 22.0 Å². The van der Waals surface area contributed by atoms with Crippen molar-refractivity contribution in [1.29, 1.82) is 0 Å². The Morgan fingerprint density at radius 1 is 1.35 bits per heavy atom. The van der Waals surface area contributed by atoms with E-state index in [4.69, 9.17) is 0 Å². The molecule has 0 fully saturated rings. The first kappa shape index (κ1) is 13.6. The zero-order valence-corrected chi connectivity index (χ0v) is 10.1. The summed E-state index contributed by atoms with van der Waals surface area (Å²) in [6.45, 7) is 0. The van der Waals surface area contributed by atoms with E-state index >= 15 is 0 Å². The Morgan fingerprint density at radius 3 is 2.60 bits per heavy atom. The largest absolute Gasteiger partial charge is 0.358 e. The molecule has 0 bridgehead atoms. The Hall–Kier alpha value is -2.84. The molecule has 0 aliphatic heterocycles. The fourth-order valence-electron chi connectivity index (χ4n) is 1.60. The van der Waals surface area contributed by atoms with Gasteiger partial charge in [0.2, 0.25) is 11.9 Å². The normalized spacial score (nSPS) is 10.3. The molecule has 0 saturated carbocycles. The average molecular weight is 282 g/mol. The first-order valence-corrected chi connectivity index (χ1v) is 5.33. The zero-order valence-electron chi connectivity index (χ0n) is 10.1. The van der Waals surface area contributed by atoms with Crippen molar-refractivity contribution in [3.63, 3.8) is 0 Å². The lowest BCUT2D eigenvalue weighted by atomic mass is 10.3. The third-order valence-corrected chi connectivity index (χ3v) is 2.58. The lowest BCUT2D eigenvalue weighted by molar-refractivity contribution is -0.391. The topological polar surface area (TPSA) is 90.1 Å². The van der Waals surface area contributed by atoms with Crippen molar-refractivity contribution in [3.8, 4) is 0 Å². The molecule has 0 atom stereocenters. The number of anilines is 1. The fourth-order valence-corrected chi connectivity index (χ4v) is 1.60. The number of rotatable bonds is 3. The Labute approximate surface area is 111 Å². The minimum atomic E-state index is -1.18. The minimum Gasteiger partial charge on any atom is -0.358 e. The van der Waals surface area contributed by atoms with Crippen LogP contribution in [0.5, 0.6) is 0 Å². The molecule has 0 aliphatic carbocycles. The van der Waals surface area contributed by atoms with Gasteiger partial charge in [-0.2, -0.15) is 13.8 Å². The van der Waals surface area contributed by atoms with Gasteiger partial charge in [0, 0.05) is 6.07 Å². The van der Waals surface area contributed by atoms with Crippen molar-refractivity contribution in [2.75, 3.05) is 5.32 Å². The molecule has 2 heterocycles. The number of nitrogens with one attached hydrogen (secondary N) is 1. The number of carbonyl (C=O) groups excluding carboxylic acids is 1. The van der Waals surface area contributed by atoms with E-state index in [1.807, 2.05) is 0 Å². The van der Waals surface area contributed by atoms with E-state index in [0.717, 1.165) is 22.8 Å². The van der Waals surface area contributed by atoms with Gasteiger partial charge in [-0.15, -0.1) is 0 Å². The Bertz CT molecular complexity index is 699. The van der Waals surface area contributed by atoms with Crippen LogP contribution < -0.4 is 5.32 Å². The van der Waals surface area contributed by atoms with Crippen LogP contribution in [0.2, 0.25) is 0 Å². The molecule has 0 aromatic carbocycles. The second-order valence-corrected chi connectivity index (χ2v) is 3.82. The Balaban J connectivity index is 2.26. The van der Waals surface area contributed by atoms with Crippen LogP contribution in [0.3, 0.4) is 0 Å². The highest BCUT2D eigenvalue weighted by Crippen LogP contribution is 2.17. The van der Waals surface area contributed by atoms with Crippen molar-refractivity contribution >= 4 is 17.4 Å². The number of hydrogen-bond donors (Lipinski definition) is 1. The summed E-state index contributed by atoms with van der Waals surface area (Å²) < 4.78 is 26.9. The maximum absolute atomic E-state index is 13.3. The van der Waals surface area contributed by atoms with E-state index < -0.39 is 22.7 Å². The van der Waals surface area contributed by atoms with Crippen molar-refractivity contribution in [2.45, 2.75) is 0 Å². The predicted molar refractivity (Wildman–Crippen MR) is 64.2 cm³/mol. The van der Waals surface area contributed by atoms with E-state index in [9.17, 15) is 23.7 Å². The lowest BCUT2D eigenvalue weighted by Gasteiger charge is -2.04. The molecule has 0 saturated heterocycles. The number of nitrogens with zero attached hydrogens (tertiary/aromatic N) is 3. The summed E-state index contributed by atoms with van der Waals surface area (Å²) in [6.07, 6.45) is 0. The molecule has 0 aliphatic rings. The third kappa shape index (κ3) is 2.46. The van der Waals surface area contributed by atoms with Gasteiger partial charge >= 0.3 is 5.82 Å². The standard InChI is InChI=1S/C11H8F2N4O3/c1-16-7(3-5-9(16)17(19)20)11(18)14-6-2-4-8(12)15-10(6)13/h2-5H,1H3,(H,14,18). The predicted octanol–water partition coefficient (Wildman–Crippen LogP) is 1.86. The quantitative estimate of drug-likeness (QED) is 0.528. The number of carbonyl (C=O) groups is 1. The molecule has 20 heavy (non-hydrogen) atoms. The van der Waals surface area contributed by atoms with Crippen molar-refractivity contribution < 1.29 is 18.5 Å². The molecular formula is C11H8F2N4O3. The van der Waals surface area contributed by atoms with Gasteiger partial charge < -0.3 is 15.4 Å². The second kappa shape index (κ2) is 5.03. The van der Waals surface area contributed by atoms with Crippen molar-refractivity contribution in [2.24, 2.45) is 7.05 Å². The van der Waals surface area contributed by atoms with E-state index in [-0.39, 0.29) is 17.2 Å². The smallest absolute Gasteiger partial charge is 0.323 e. The van der Waals surface area contributed by atoms with Crippen LogP contribution in [-0.4, -0.2) is 20.4 Å². The first-order valence-electron chi connectivity index (χ1n) is 5.33. The maximum Gasteiger partial charge on any atom is 0.323 e. The molecule has 0 unspecified atom stereocenters. The van der Waals surface area contributed by atoms with Gasteiger partial charge in [-0.25, -0.2) is 4.57 Å². The van der Waals surface area contributed by atoms with E-state index in [0.29, 0.717) is 0 Å². The van der Waals surface area contributed by atoms with Gasteiger partial charge in [0.1, 0.15) is 0 Å². The molecule has 2 aromatic rings. The van der Waals surface area contributed by atoms with Gasteiger partial charge in [-0.05, 0) is 23.1 Å². The van der Waals surface area contributed by atoms with Crippen LogP contribution in [0.4, 0.5) is 20.3 Å². The number of pyridine rings is 1. The summed E-state index contributed by atoms with van der Waals surface area (Å²) in [5, 5.41) is 12.8. The van der Waals surface area contributed by atoms with E-state index in [2.05, 4.69) is 10.3 Å². The van der Waals surface area contributed by atoms with Crippen LogP contribution >= 0.6 is 0 Å². The highest BCUT2D eigenvalue weighted by Gasteiger charge is 2.21. The number of hydrogen-bond acceptors (Lipinski definition) is 4. The average Bonchev–Trinajstić information content (AvgIpc) is 2.74. The summed E-state index contributed by atoms with van der Waals surface area (Å²) in [5.74, 6) is -3.25. The van der Waals surface area contributed by atoms with Gasteiger partial charge in [0.05, 0.1) is 12.7 Å². The van der Waals surface area contributed by atoms with Gasteiger partial charge in [-0.3, -0.25) is 4.79 Å². The molecular weight excluding hydrogens is 274 g/mol. The SMILES string of the molecule is Cn1c(C(=O)Nc2ccc(F)nc2F)ccc1[N+](=O)[O-]. The summed E-state index contributed by atoms with van der Waals surface area (Å²) in [6, 6.07) is 4.26. The number of nitro groups is 1. The van der Waals surface area contributed by atoms with Crippen LogP contribution in [0.1, 0.15) is 10.5 Å². The lowest BCUT2D eigenvalue weighted by Crippen LogP contribution is -2.17. The summed E-state index contributed by atoms with van der Waals surface area (Å²) in [7, 11) is 1.33. The highest BCUT2D eigenvalue weighted by molar-refractivity contribution is 6.03. The summed E-state index contributed by atoms with van der Waals surface area (Å²) in [4.78, 5) is 24.8. The zero-order chi connectivity index (χ0) is 14.9. The second-order valence-electron chi connectivity index (χ2n) is 3.82. The van der Waals surface area contributed by atoms with E-state index in [1.165, 1.54) is 13.1 Å². The van der Waals surface area contributed by atoms with Crippen molar-refractivity contribution in [3.05, 3.63) is 52.0 Å². The number of amides is 1. The van der Waals surface area contributed by atoms with Gasteiger partial charge in [-0.1, -0.05) is 0 Å². The summed E-state index contributed by atoms with van der Waals surface area (Å²) in [5.41, 5.74) is -0.360. The molecule has 2 rings (SSSR count). The molecule has 9 heteroatoms. The highest BCUT2D eigenvalue weighted by atomic mass is 19.1. The molecule has 7 nitrogen and oxygen atoms in total. The molecule has 0 spiro atoms. The Kier molecular flexibility index (Phi) is 3.42. The van der Waals surface area contributed by atoms with Crippen LogP contribution in [0.15, 0.2) is 24.3 Å². The molecule has 104 valence electrons. The number of aromatic nitrogens is 2. The van der Waals surface area contributed by atoms with E-state index in [1.54, 1.807) is 0 Å². The fraction of sp³-hybridized carbons (Fsp3) is 0.0909. The molecule has 0 radical (unpaired) electrons. The molecule has 2 aromatic heterocycles. The first-order chi connectivity index (χ1) is 9.40. The minimum absolute atomic E-state index is 0.0413. The van der Waals surface area contributed by atoms with Crippen LogP contribution in [-0.2, 0) is 7.05 Å². The number of halogens is 2. The van der Waals surface area contributed by atoms with Gasteiger partial charge in [0.25, 0.3) is 5.91 Å².